The summed E-state index contributed by atoms with van der Waals surface area (Å²) in [6.45, 7) is 2.60. The van der Waals surface area contributed by atoms with Crippen LogP contribution in [0.1, 0.15) is 18.1 Å². The second-order valence-electron chi connectivity index (χ2n) is 4.86. The van der Waals surface area contributed by atoms with Crippen LogP contribution in [0, 0.1) is 11.3 Å². The molecule has 2 aromatic rings. The van der Waals surface area contributed by atoms with Crippen LogP contribution in [0.2, 0.25) is 5.02 Å². The Balaban J connectivity index is 2.07. The number of ether oxygens (including phenoxy) is 3. The molecule has 0 N–H and O–H groups in total. The Morgan fingerprint density at radius 2 is 2.09 bits per heavy atom. The molecule has 1 heterocycles. The van der Waals surface area contributed by atoms with Crippen molar-refractivity contribution in [3.63, 3.8) is 0 Å². The molecule has 23 heavy (non-hydrogen) atoms. The van der Waals surface area contributed by atoms with E-state index in [2.05, 4.69) is 6.07 Å². The van der Waals surface area contributed by atoms with E-state index in [4.69, 9.17) is 25.8 Å². The summed E-state index contributed by atoms with van der Waals surface area (Å²) >= 11 is 6.01. The fraction of sp³-hybridized carbons (Fsp3) is 0.167. The Labute approximate surface area is 139 Å². The van der Waals surface area contributed by atoms with Crippen molar-refractivity contribution in [3.8, 4) is 23.3 Å². The highest BCUT2D eigenvalue weighted by atomic mass is 35.5. The normalized spacial score (nSPS) is 12.8. The van der Waals surface area contributed by atoms with Gasteiger partial charge in [-0.3, -0.25) is 0 Å². The predicted octanol–water partition coefficient (Wildman–Crippen LogP) is 4.53. The lowest BCUT2D eigenvalue weighted by molar-refractivity contribution is 0.174. The third-order valence-electron chi connectivity index (χ3n) is 3.36. The van der Waals surface area contributed by atoms with E-state index < -0.39 is 0 Å². The van der Waals surface area contributed by atoms with Crippen LogP contribution in [0.15, 0.2) is 36.4 Å². The molecule has 0 spiro atoms. The molecule has 116 valence electrons. The fourth-order valence-electron chi connectivity index (χ4n) is 2.32. The molecule has 0 atom stereocenters. The Morgan fingerprint density at radius 1 is 1.30 bits per heavy atom. The summed E-state index contributed by atoms with van der Waals surface area (Å²) in [4.78, 5) is 0. The number of rotatable bonds is 4. The van der Waals surface area contributed by atoms with Gasteiger partial charge in [-0.2, -0.15) is 5.26 Å². The zero-order chi connectivity index (χ0) is 16.2. The van der Waals surface area contributed by atoms with Crippen LogP contribution in [-0.4, -0.2) is 13.4 Å². The van der Waals surface area contributed by atoms with Crippen LogP contribution >= 0.6 is 11.6 Å². The monoisotopic (exact) mass is 327 g/mol. The number of hydrogen-bond acceptors (Lipinski definition) is 4. The van der Waals surface area contributed by atoms with Crippen molar-refractivity contribution < 1.29 is 14.2 Å². The number of hydrogen-bond donors (Lipinski definition) is 0. The molecule has 0 radical (unpaired) electrons. The average molecular weight is 328 g/mol. The van der Waals surface area contributed by atoms with E-state index >= 15 is 0 Å². The first kappa shape index (κ1) is 15.3. The smallest absolute Gasteiger partial charge is 0.231 e. The highest BCUT2D eigenvalue weighted by Crippen LogP contribution is 2.39. The van der Waals surface area contributed by atoms with Gasteiger partial charge in [0.05, 0.1) is 18.2 Å². The summed E-state index contributed by atoms with van der Waals surface area (Å²) in [5, 5.41) is 10.1. The van der Waals surface area contributed by atoms with Crippen molar-refractivity contribution in [1.82, 2.24) is 0 Å². The van der Waals surface area contributed by atoms with Crippen molar-refractivity contribution in [2.75, 3.05) is 13.4 Å². The van der Waals surface area contributed by atoms with E-state index in [1.165, 1.54) is 0 Å². The molecule has 0 bridgehead atoms. The minimum atomic E-state index is 0.188. The van der Waals surface area contributed by atoms with Crippen molar-refractivity contribution in [2.45, 2.75) is 6.92 Å². The van der Waals surface area contributed by atoms with Crippen molar-refractivity contribution in [1.29, 1.82) is 5.26 Å². The maximum absolute atomic E-state index is 9.49. The number of allylic oxidation sites excluding steroid dienone is 1. The van der Waals surface area contributed by atoms with Crippen molar-refractivity contribution in [2.24, 2.45) is 0 Å². The Kier molecular flexibility index (Phi) is 4.40. The van der Waals surface area contributed by atoms with E-state index in [0.717, 1.165) is 11.1 Å². The average Bonchev–Trinajstić information content (AvgIpc) is 3.00. The van der Waals surface area contributed by atoms with E-state index in [9.17, 15) is 5.26 Å². The SMILES string of the molecule is CCOc1cc2c(cc1/C=C(/C#N)c1cccc(Cl)c1)OCO2. The summed E-state index contributed by atoms with van der Waals surface area (Å²) in [5.74, 6) is 1.93. The van der Waals surface area contributed by atoms with Gasteiger partial charge in [0.2, 0.25) is 6.79 Å². The third-order valence-corrected chi connectivity index (χ3v) is 3.60. The maximum Gasteiger partial charge on any atom is 0.231 e. The van der Waals surface area contributed by atoms with Crippen LogP contribution in [0.3, 0.4) is 0 Å². The van der Waals surface area contributed by atoms with Gasteiger partial charge in [0.15, 0.2) is 11.5 Å². The van der Waals surface area contributed by atoms with Gasteiger partial charge in [0, 0.05) is 16.7 Å². The second kappa shape index (κ2) is 6.64. The van der Waals surface area contributed by atoms with Gasteiger partial charge in [0.25, 0.3) is 0 Å². The van der Waals surface area contributed by atoms with Crippen LogP contribution in [0.25, 0.3) is 11.6 Å². The molecular formula is C18H14ClNO3. The molecule has 0 saturated carbocycles. The Hall–Kier alpha value is -2.64. The molecule has 0 aromatic heterocycles. The summed E-state index contributed by atoms with van der Waals surface area (Å²) in [6.07, 6.45) is 1.76. The summed E-state index contributed by atoms with van der Waals surface area (Å²) in [6, 6.07) is 13.0. The van der Waals surface area contributed by atoms with Gasteiger partial charge in [-0.05, 0) is 36.8 Å². The number of nitriles is 1. The standard InChI is InChI=1S/C18H14ClNO3/c1-2-21-16-9-18-17(22-11-23-18)8-13(16)6-14(10-20)12-4-3-5-15(19)7-12/h3-9H,2,11H2,1H3/b14-6-. The lowest BCUT2D eigenvalue weighted by Gasteiger charge is -2.09. The molecule has 0 saturated heterocycles. The van der Waals surface area contributed by atoms with Gasteiger partial charge in [-0.15, -0.1) is 0 Å². The van der Waals surface area contributed by atoms with Gasteiger partial charge >= 0.3 is 0 Å². The molecular weight excluding hydrogens is 314 g/mol. The quantitative estimate of drug-likeness (QED) is 0.611. The first-order chi connectivity index (χ1) is 11.2. The zero-order valence-electron chi connectivity index (χ0n) is 12.5. The van der Waals surface area contributed by atoms with E-state index in [1.54, 1.807) is 24.3 Å². The van der Waals surface area contributed by atoms with E-state index in [0.29, 0.717) is 34.5 Å². The molecule has 0 fully saturated rings. The molecule has 1 aliphatic heterocycles. The fourth-order valence-corrected chi connectivity index (χ4v) is 2.51. The molecule has 3 rings (SSSR count). The minimum absolute atomic E-state index is 0.188. The zero-order valence-corrected chi connectivity index (χ0v) is 13.3. The van der Waals surface area contributed by atoms with Crippen molar-refractivity contribution in [3.05, 3.63) is 52.5 Å². The van der Waals surface area contributed by atoms with Crippen molar-refractivity contribution >= 4 is 23.3 Å². The van der Waals surface area contributed by atoms with Gasteiger partial charge in [0.1, 0.15) is 5.75 Å². The lowest BCUT2D eigenvalue weighted by Crippen LogP contribution is -1.94. The number of benzene rings is 2. The Bertz CT molecular complexity index is 808. The van der Waals surface area contributed by atoms with Crippen LogP contribution < -0.4 is 14.2 Å². The van der Waals surface area contributed by atoms with E-state index in [-0.39, 0.29) is 6.79 Å². The minimum Gasteiger partial charge on any atom is -0.493 e. The lowest BCUT2D eigenvalue weighted by atomic mass is 10.0. The maximum atomic E-state index is 9.49. The predicted molar refractivity (Wildman–Crippen MR) is 88.7 cm³/mol. The van der Waals surface area contributed by atoms with E-state index in [1.807, 2.05) is 25.1 Å². The first-order valence-electron chi connectivity index (χ1n) is 7.15. The molecule has 5 heteroatoms. The van der Waals surface area contributed by atoms with Gasteiger partial charge < -0.3 is 14.2 Å². The summed E-state index contributed by atoms with van der Waals surface area (Å²) in [7, 11) is 0. The van der Waals surface area contributed by atoms with Gasteiger partial charge in [-0.1, -0.05) is 23.7 Å². The van der Waals surface area contributed by atoms with Crippen LogP contribution in [0.5, 0.6) is 17.2 Å². The third kappa shape index (κ3) is 3.25. The number of nitrogens with zero attached hydrogens (tertiary/aromatic N) is 1. The molecule has 0 unspecified atom stereocenters. The highest BCUT2D eigenvalue weighted by Gasteiger charge is 2.17. The second-order valence-corrected chi connectivity index (χ2v) is 5.29. The molecule has 2 aromatic carbocycles. The van der Waals surface area contributed by atoms with Gasteiger partial charge in [-0.25, -0.2) is 0 Å². The first-order valence-corrected chi connectivity index (χ1v) is 7.53. The number of halogens is 1. The molecule has 1 aliphatic rings. The summed E-state index contributed by atoms with van der Waals surface area (Å²) < 4.78 is 16.4. The largest absolute Gasteiger partial charge is 0.493 e. The van der Waals surface area contributed by atoms with Crippen LogP contribution in [0.4, 0.5) is 0 Å². The summed E-state index contributed by atoms with van der Waals surface area (Å²) in [5.41, 5.74) is 2.00. The molecule has 0 aliphatic carbocycles. The Morgan fingerprint density at radius 3 is 2.78 bits per heavy atom. The number of fused-ring (bicyclic) bond motifs is 1. The molecule has 0 amide bonds. The topological polar surface area (TPSA) is 51.5 Å². The highest BCUT2D eigenvalue weighted by molar-refractivity contribution is 6.30. The molecule has 4 nitrogen and oxygen atoms in total. The van der Waals surface area contributed by atoms with Crippen LogP contribution in [-0.2, 0) is 0 Å².